The van der Waals surface area contributed by atoms with Crippen molar-refractivity contribution in [2.45, 2.75) is 65.7 Å². The average molecular weight is 417 g/mol. The third-order valence-electron chi connectivity index (χ3n) is 5.58. The molecule has 2 aromatic rings. The lowest BCUT2D eigenvalue weighted by atomic mass is 10.2. The summed E-state index contributed by atoms with van der Waals surface area (Å²) in [5.41, 5.74) is 0.967. The largest absolute Gasteiger partial charge is 0.471 e. The first-order chi connectivity index (χ1) is 14.2. The number of carbonyl (C=O) groups is 1. The maximum Gasteiger partial charge on any atom is 0.410 e. The van der Waals surface area contributed by atoms with Crippen LogP contribution in [0.1, 0.15) is 47.5 Å². The van der Waals surface area contributed by atoms with Crippen LogP contribution >= 0.6 is 0 Å². The maximum absolute atomic E-state index is 12.3. The van der Waals surface area contributed by atoms with Gasteiger partial charge in [-0.05, 0) is 40.0 Å². The Morgan fingerprint density at radius 2 is 2.00 bits per heavy atom. The Labute approximate surface area is 177 Å². The molecule has 0 N–H and O–H groups in total. The predicted molar refractivity (Wildman–Crippen MR) is 114 cm³/mol. The minimum Gasteiger partial charge on any atom is -0.471 e. The zero-order chi connectivity index (χ0) is 21.5. The predicted octanol–water partition coefficient (Wildman–Crippen LogP) is 3.08. The monoisotopic (exact) mass is 416 g/mol. The Morgan fingerprint density at radius 1 is 1.20 bits per heavy atom. The molecule has 2 atom stereocenters. The Bertz CT molecular complexity index is 921. The standard InChI is InChI=1S/C21H32N6O3/c1-6-27-17-16(24-19(27)25-9-7-14(2)11-25)18(23-13-22-17)29-15-8-10-26(12-15)20(28)30-21(3,4)5/h13-15H,6-12H2,1-5H3/t14?,15-/m0/s1. The fourth-order valence-electron chi connectivity index (χ4n) is 4.11. The number of likely N-dealkylation sites (tertiary alicyclic amines) is 1. The molecule has 0 bridgehead atoms. The molecule has 30 heavy (non-hydrogen) atoms. The van der Waals surface area contributed by atoms with Gasteiger partial charge in [-0.1, -0.05) is 6.92 Å². The summed E-state index contributed by atoms with van der Waals surface area (Å²) in [5, 5.41) is 0. The summed E-state index contributed by atoms with van der Waals surface area (Å²) in [4.78, 5) is 30.1. The van der Waals surface area contributed by atoms with E-state index >= 15 is 0 Å². The van der Waals surface area contributed by atoms with Crippen molar-refractivity contribution in [2.75, 3.05) is 31.1 Å². The molecule has 2 saturated heterocycles. The third kappa shape index (κ3) is 4.15. The van der Waals surface area contributed by atoms with E-state index in [-0.39, 0.29) is 12.2 Å². The highest BCUT2D eigenvalue weighted by Crippen LogP contribution is 2.30. The molecule has 1 unspecified atom stereocenters. The molecule has 0 radical (unpaired) electrons. The first kappa shape index (κ1) is 20.7. The van der Waals surface area contributed by atoms with Gasteiger partial charge in [0.1, 0.15) is 18.0 Å². The molecule has 164 valence electrons. The summed E-state index contributed by atoms with van der Waals surface area (Å²) in [6.07, 6.45) is 2.99. The number of hydrogen-bond donors (Lipinski definition) is 0. The summed E-state index contributed by atoms with van der Waals surface area (Å²) in [7, 11) is 0. The molecule has 2 aliphatic heterocycles. The summed E-state index contributed by atoms with van der Waals surface area (Å²) in [6, 6.07) is 0. The van der Waals surface area contributed by atoms with E-state index < -0.39 is 5.60 Å². The van der Waals surface area contributed by atoms with Gasteiger partial charge in [-0.25, -0.2) is 14.8 Å². The topological polar surface area (TPSA) is 85.6 Å². The van der Waals surface area contributed by atoms with Crippen LogP contribution in [0.25, 0.3) is 11.2 Å². The number of anilines is 1. The van der Waals surface area contributed by atoms with Crippen molar-refractivity contribution in [3.05, 3.63) is 6.33 Å². The van der Waals surface area contributed by atoms with Crippen molar-refractivity contribution in [3.63, 3.8) is 0 Å². The zero-order valence-electron chi connectivity index (χ0n) is 18.6. The number of aromatic nitrogens is 4. The zero-order valence-corrected chi connectivity index (χ0v) is 18.6. The van der Waals surface area contributed by atoms with Crippen molar-refractivity contribution >= 4 is 23.2 Å². The van der Waals surface area contributed by atoms with E-state index in [2.05, 4.69) is 33.3 Å². The summed E-state index contributed by atoms with van der Waals surface area (Å²) >= 11 is 0. The average Bonchev–Trinajstić information content (AvgIpc) is 3.38. The highest BCUT2D eigenvalue weighted by atomic mass is 16.6. The van der Waals surface area contributed by atoms with Gasteiger partial charge in [-0.15, -0.1) is 0 Å². The number of carbonyl (C=O) groups excluding carboxylic acids is 1. The summed E-state index contributed by atoms with van der Waals surface area (Å²) in [5.74, 6) is 2.08. The van der Waals surface area contributed by atoms with Crippen LogP contribution in [0.3, 0.4) is 0 Å². The number of aryl methyl sites for hydroxylation is 1. The fourth-order valence-corrected chi connectivity index (χ4v) is 4.11. The van der Waals surface area contributed by atoms with E-state index in [4.69, 9.17) is 14.5 Å². The Kier molecular flexibility index (Phi) is 5.46. The second kappa shape index (κ2) is 7.92. The van der Waals surface area contributed by atoms with Gasteiger partial charge >= 0.3 is 6.09 Å². The van der Waals surface area contributed by atoms with Crippen LogP contribution < -0.4 is 9.64 Å². The van der Waals surface area contributed by atoms with Crippen LogP contribution in [0.5, 0.6) is 5.88 Å². The lowest BCUT2D eigenvalue weighted by Gasteiger charge is -2.24. The smallest absolute Gasteiger partial charge is 0.410 e. The number of hydrogen-bond acceptors (Lipinski definition) is 7. The Hall–Kier alpha value is -2.58. The summed E-state index contributed by atoms with van der Waals surface area (Å²) < 4.78 is 13.8. The number of rotatable bonds is 4. The molecule has 0 aromatic carbocycles. The van der Waals surface area contributed by atoms with E-state index in [0.29, 0.717) is 30.4 Å². The lowest BCUT2D eigenvalue weighted by molar-refractivity contribution is 0.0275. The molecular weight excluding hydrogens is 384 g/mol. The molecular formula is C21H32N6O3. The van der Waals surface area contributed by atoms with Crippen LogP contribution in [0.2, 0.25) is 0 Å². The van der Waals surface area contributed by atoms with Crippen LogP contribution in [0.15, 0.2) is 6.33 Å². The molecule has 0 saturated carbocycles. The van der Waals surface area contributed by atoms with E-state index in [0.717, 1.165) is 37.7 Å². The quantitative estimate of drug-likeness (QED) is 0.757. The first-order valence-electron chi connectivity index (χ1n) is 10.9. The highest BCUT2D eigenvalue weighted by molar-refractivity contribution is 5.79. The number of amides is 1. The molecule has 9 nitrogen and oxygen atoms in total. The Morgan fingerprint density at radius 3 is 2.67 bits per heavy atom. The van der Waals surface area contributed by atoms with Gasteiger partial charge in [-0.2, -0.15) is 4.98 Å². The lowest BCUT2D eigenvalue weighted by Crippen LogP contribution is -2.36. The van der Waals surface area contributed by atoms with E-state index in [1.807, 2.05) is 20.8 Å². The minimum absolute atomic E-state index is 0.141. The van der Waals surface area contributed by atoms with E-state index in [1.54, 1.807) is 4.90 Å². The summed E-state index contributed by atoms with van der Waals surface area (Å²) in [6.45, 7) is 13.8. The van der Waals surface area contributed by atoms with Gasteiger partial charge < -0.3 is 19.3 Å². The van der Waals surface area contributed by atoms with Gasteiger partial charge in [0.25, 0.3) is 0 Å². The van der Waals surface area contributed by atoms with Crippen LogP contribution in [0.4, 0.5) is 10.7 Å². The first-order valence-corrected chi connectivity index (χ1v) is 10.9. The van der Waals surface area contributed by atoms with E-state index in [9.17, 15) is 4.79 Å². The van der Waals surface area contributed by atoms with Crippen LogP contribution in [-0.4, -0.2) is 68.4 Å². The second-order valence-electron chi connectivity index (χ2n) is 9.30. The number of fused-ring (bicyclic) bond motifs is 1. The molecule has 9 heteroatoms. The number of imidazole rings is 1. The fraction of sp³-hybridized carbons (Fsp3) is 0.714. The highest BCUT2D eigenvalue weighted by Gasteiger charge is 2.32. The molecule has 2 aliphatic rings. The van der Waals surface area contributed by atoms with Gasteiger partial charge in [0.2, 0.25) is 11.8 Å². The van der Waals surface area contributed by atoms with Crippen molar-refractivity contribution in [1.29, 1.82) is 0 Å². The molecule has 1 amide bonds. The van der Waals surface area contributed by atoms with Crippen molar-refractivity contribution in [1.82, 2.24) is 24.4 Å². The number of nitrogens with zero attached hydrogens (tertiary/aromatic N) is 6. The molecule has 2 fully saturated rings. The van der Waals surface area contributed by atoms with Crippen molar-refractivity contribution in [3.8, 4) is 5.88 Å². The molecule has 4 rings (SSSR count). The van der Waals surface area contributed by atoms with Crippen LogP contribution in [0, 0.1) is 5.92 Å². The Balaban J connectivity index is 1.52. The maximum atomic E-state index is 12.3. The van der Waals surface area contributed by atoms with Gasteiger partial charge in [0.15, 0.2) is 11.2 Å². The third-order valence-corrected chi connectivity index (χ3v) is 5.58. The molecule has 2 aromatic heterocycles. The molecule has 4 heterocycles. The van der Waals surface area contributed by atoms with Gasteiger partial charge in [-0.3, -0.25) is 4.57 Å². The molecule has 0 spiro atoms. The minimum atomic E-state index is -0.509. The van der Waals surface area contributed by atoms with Gasteiger partial charge in [0.05, 0.1) is 6.54 Å². The normalized spacial score (nSPS) is 22.2. The van der Waals surface area contributed by atoms with Gasteiger partial charge in [0, 0.05) is 32.6 Å². The molecule has 0 aliphatic carbocycles. The number of ether oxygens (including phenoxy) is 2. The van der Waals surface area contributed by atoms with Crippen molar-refractivity contribution < 1.29 is 14.3 Å². The SMILES string of the molecule is CCn1c(N2CCC(C)C2)nc2c(O[C@H]3CCN(C(=O)OC(C)(C)C)C3)ncnc21. The second-order valence-corrected chi connectivity index (χ2v) is 9.30. The van der Waals surface area contributed by atoms with E-state index in [1.165, 1.54) is 12.7 Å². The van der Waals surface area contributed by atoms with Crippen LogP contribution in [-0.2, 0) is 11.3 Å². The van der Waals surface area contributed by atoms with Crippen molar-refractivity contribution in [2.24, 2.45) is 5.92 Å².